The summed E-state index contributed by atoms with van der Waals surface area (Å²) in [6, 6.07) is 3.51. The van der Waals surface area contributed by atoms with Crippen LogP contribution in [0.3, 0.4) is 0 Å². The molecule has 0 amide bonds. The van der Waals surface area contributed by atoms with Crippen molar-refractivity contribution in [3.8, 4) is 0 Å². The van der Waals surface area contributed by atoms with E-state index in [2.05, 4.69) is 9.97 Å². The van der Waals surface area contributed by atoms with Gasteiger partial charge in [0, 0.05) is 11.0 Å². The quantitative estimate of drug-likeness (QED) is 0.784. The van der Waals surface area contributed by atoms with Gasteiger partial charge in [-0.1, -0.05) is 32.4 Å². The van der Waals surface area contributed by atoms with Crippen LogP contribution in [0.25, 0.3) is 11.0 Å². The molecule has 0 saturated heterocycles. The second kappa shape index (κ2) is 3.84. The molecule has 90 valence electrons. The summed E-state index contributed by atoms with van der Waals surface area (Å²) in [5, 5.41) is 0.513. The number of nitrogens with one attached hydrogen (secondary N) is 1. The number of carbonyl (C=O) groups excluding carboxylic acids is 1. The van der Waals surface area contributed by atoms with Gasteiger partial charge in [0.05, 0.1) is 10.5 Å². The van der Waals surface area contributed by atoms with Gasteiger partial charge in [0.1, 0.15) is 11.3 Å². The fourth-order valence-corrected chi connectivity index (χ4v) is 2.02. The second-order valence-electron chi connectivity index (χ2n) is 5.26. The number of carbonyl (C=O) groups is 1. The van der Waals surface area contributed by atoms with Crippen molar-refractivity contribution in [2.24, 2.45) is 5.41 Å². The van der Waals surface area contributed by atoms with Crippen LogP contribution in [0.4, 0.5) is 0 Å². The van der Waals surface area contributed by atoms with Crippen LogP contribution >= 0.6 is 11.6 Å². The third-order valence-corrected chi connectivity index (χ3v) is 2.89. The van der Waals surface area contributed by atoms with Gasteiger partial charge in [-0.05, 0) is 19.1 Å². The summed E-state index contributed by atoms with van der Waals surface area (Å²) in [6.45, 7) is 7.55. The number of halogens is 1. The Balaban J connectivity index is 2.61. The maximum Gasteiger partial charge on any atom is 0.168 e. The van der Waals surface area contributed by atoms with Crippen molar-refractivity contribution in [2.45, 2.75) is 27.7 Å². The Hall–Kier alpha value is -1.35. The maximum atomic E-state index is 12.2. The van der Waals surface area contributed by atoms with Gasteiger partial charge in [0.2, 0.25) is 0 Å². The molecule has 0 saturated carbocycles. The molecule has 0 radical (unpaired) electrons. The standard InChI is InChI=1S/C13H15ClN2O/c1-7-15-10-6-8(12(17)13(2,3)4)5-9(14)11(10)16-7/h5-6H,1-4H3,(H,15,16). The van der Waals surface area contributed by atoms with Gasteiger partial charge in [-0.25, -0.2) is 4.98 Å². The number of hydrogen-bond acceptors (Lipinski definition) is 2. The van der Waals surface area contributed by atoms with Crippen LogP contribution in [0, 0.1) is 12.3 Å². The first kappa shape index (κ1) is 12.1. The molecule has 0 atom stereocenters. The molecule has 1 aromatic carbocycles. The monoisotopic (exact) mass is 250 g/mol. The number of rotatable bonds is 1. The molecule has 1 N–H and O–H groups in total. The summed E-state index contributed by atoms with van der Waals surface area (Å²) in [4.78, 5) is 19.6. The Bertz CT molecular complexity index is 593. The molecule has 3 nitrogen and oxygen atoms in total. The molecular weight excluding hydrogens is 236 g/mol. The predicted molar refractivity (Wildman–Crippen MR) is 69.6 cm³/mol. The van der Waals surface area contributed by atoms with E-state index in [1.807, 2.05) is 33.8 Å². The van der Waals surface area contributed by atoms with Gasteiger partial charge in [-0.3, -0.25) is 4.79 Å². The fourth-order valence-electron chi connectivity index (χ4n) is 1.76. The largest absolute Gasteiger partial charge is 0.342 e. The average Bonchev–Trinajstić information content (AvgIpc) is 2.56. The minimum atomic E-state index is -0.411. The fraction of sp³-hybridized carbons (Fsp3) is 0.385. The third kappa shape index (κ3) is 2.20. The highest BCUT2D eigenvalue weighted by molar-refractivity contribution is 6.35. The number of aryl methyl sites for hydroxylation is 1. The average molecular weight is 251 g/mol. The number of aromatic amines is 1. The van der Waals surface area contributed by atoms with Crippen LogP contribution in [-0.2, 0) is 0 Å². The van der Waals surface area contributed by atoms with Gasteiger partial charge in [-0.2, -0.15) is 0 Å². The Kier molecular flexibility index (Phi) is 2.74. The van der Waals surface area contributed by atoms with Crippen LogP contribution in [0.15, 0.2) is 12.1 Å². The number of Topliss-reactive ketones (excluding diaryl/α,β-unsaturated/α-hetero) is 1. The molecule has 0 aliphatic rings. The first-order chi connectivity index (χ1) is 7.79. The summed E-state index contributed by atoms with van der Waals surface area (Å²) in [5.74, 6) is 0.871. The summed E-state index contributed by atoms with van der Waals surface area (Å²) in [6.07, 6.45) is 0. The second-order valence-corrected chi connectivity index (χ2v) is 5.66. The zero-order valence-corrected chi connectivity index (χ0v) is 11.1. The lowest BCUT2D eigenvalue weighted by Crippen LogP contribution is -2.20. The predicted octanol–water partition coefficient (Wildman–Crippen LogP) is 3.75. The van der Waals surface area contributed by atoms with Crippen molar-refractivity contribution in [1.82, 2.24) is 9.97 Å². The molecule has 2 rings (SSSR count). The lowest BCUT2D eigenvalue weighted by atomic mass is 9.86. The minimum Gasteiger partial charge on any atom is -0.342 e. The van der Waals surface area contributed by atoms with Gasteiger partial charge in [0.25, 0.3) is 0 Å². The zero-order chi connectivity index (χ0) is 12.8. The number of fused-ring (bicyclic) bond motifs is 1. The van der Waals surface area contributed by atoms with Gasteiger partial charge >= 0.3 is 0 Å². The molecule has 0 aliphatic heterocycles. The number of hydrogen-bond donors (Lipinski definition) is 1. The highest BCUT2D eigenvalue weighted by atomic mass is 35.5. The molecular formula is C13H15ClN2O. The normalized spacial score (nSPS) is 12.1. The van der Waals surface area contributed by atoms with E-state index in [4.69, 9.17) is 11.6 Å². The number of H-pyrrole nitrogens is 1. The molecule has 0 spiro atoms. The minimum absolute atomic E-state index is 0.0774. The van der Waals surface area contributed by atoms with E-state index in [0.717, 1.165) is 16.9 Å². The Labute approximate surface area is 105 Å². The van der Waals surface area contributed by atoms with Crippen molar-refractivity contribution < 1.29 is 4.79 Å². The molecule has 4 heteroatoms. The Morgan fingerprint density at radius 2 is 2.00 bits per heavy atom. The summed E-state index contributed by atoms with van der Waals surface area (Å²) in [7, 11) is 0. The van der Waals surface area contributed by atoms with E-state index in [1.54, 1.807) is 6.07 Å². The number of benzene rings is 1. The highest BCUT2D eigenvalue weighted by Gasteiger charge is 2.24. The summed E-state index contributed by atoms with van der Waals surface area (Å²) >= 11 is 6.13. The van der Waals surface area contributed by atoms with Crippen molar-refractivity contribution in [3.63, 3.8) is 0 Å². The Morgan fingerprint density at radius 3 is 2.59 bits per heavy atom. The van der Waals surface area contributed by atoms with Crippen LogP contribution < -0.4 is 0 Å². The molecule has 1 heterocycles. The van der Waals surface area contributed by atoms with Gasteiger partial charge in [-0.15, -0.1) is 0 Å². The van der Waals surface area contributed by atoms with E-state index >= 15 is 0 Å². The van der Waals surface area contributed by atoms with E-state index in [-0.39, 0.29) is 5.78 Å². The topological polar surface area (TPSA) is 45.8 Å². The van der Waals surface area contributed by atoms with Crippen LogP contribution in [0.1, 0.15) is 37.0 Å². The summed E-state index contributed by atoms with van der Waals surface area (Å²) in [5.41, 5.74) is 1.74. The van der Waals surface area contributed by atoms with Crippen molar-refractivity contribution in [3.05, 3.63) is 28.5 Å². The lowest BCUT2D eigenvalue weighted by Gasteiger charge is -2.16. The maximum absolute atomic E-state index is 12.2. The molecule has 17 heavy (non-hydrogen) atoms. The Morgan fingerprint density at radius 1 is 1.35 bits per heavy atom. The van der Waals surface area contributed by atoms with Crippen LogP contribution in [0.5, 0.6) is 0 Å². The first-order valence-electron chi connectivity index (χ1n) is 5.50. The van der Waals surface area contributed by atoms with E-state index < -0.39 is 5.41 Å². The van der Waals surface area contributed by atoms with E-state index in [1.165, 1.54) is 0 Å². The van der Waals surface area contributed by atoms with Crippen LogP contribution in [0.2, 0.25) is 5.02 Å². The number of nitrogens with zero attached hydrogens (tertiary/aromatic N) is 1. The van der Waals surface area contributed by atoms with Crippen molar-refractivity contribution in [2.75, 3.05) is 0 Å². The molecule has 0 fully saturated rings. The summed E-state index contributed by atoms with van der Waals surface area (Å²) < 4.78 is 0. The van der Waals surface area contributed by atoms with Crippen molar-refractivity contribution >= 4 is 28.4 Å². The lowest BCUT2D eigenvalue weighted by molar-refractivity contribution is 0.0858. The van der Waals surface area contributed by atoms with Crippen molar-refractivity contribution in [1.29, 1.82) is 0 Å². The number of aromatic nitrogens is 2. The molecule has 1 aromatic heterocycles. The first-order valence-corrected chi connectivity index (χ1v) is 5.87. The van der Waals surface area contributed by atoms with E-state index in [0.29, 0.717) is 10.6 Å². The van der Waals surface area contributed by atoms with Gasteiger partial charge in [0.15, 0.2) is 5.78 Å². The molecule has 0 unspecified atom stereocenters. The van der Waals surface area contributed by atoms with Crippen LogP contribution in [-0.4, -0.2) is 15.8 Å². The molecule has 0 bridgehead atoms. The SMILES string of the molecule is Cc1nc2c(Cl)cc(C(=O)C(C)(C)C)cc2[nH]1. The molecule has 2 aromatic rings. The number of imidazole rings is 1. The smallest absolute Gasteiger partial charge is 0.168 e. The number of ketones is 1. The molecule has 0 aliphatic carbocycles. The van der Waals surface area contributed by atoms with E-state index in [9.17, 15) is 4.79 Å². The third-order valence-electron chi connectivity index (χ3n) is 2.60. The van der Waals surface area contributed by atoms with Gasteiger partial charge < -0.3 is 4.98 Å². The highest BCUT2D eigenvalue weighted by Crippen LogP contribution is 2.28. The zero-order valence-electron chi connectivity index (χ0n) is 10.4.